The molecule has 0 aromatic heterocycles. The topological polar surface area (TPSA) is 89.3 Å². The minimum atomic E-state index is -3.71. The van der Waals surface area contributed by atoms with E-state index in [0.717, 1.165) is 12.8 Å². The van der Waals surface area contributed by atoms with E-state index in [2.05, 4.69) is 5.32 Å². The van der Waals surface area contributed by atoms with Crippen LogP contribution >= 0.6 is 0 Å². The predicted molar refractivity (Wildman–Crippen MR) is 80.0 cm³/mol. The zero-order valence-electron chi connectivity index (χ0n) is 12.1. The zero-order valence-corrected chi connectivity index (χ0v) is 12.9. The Labute approximate surface area is 120 Å². The van der Waals surface area contributed by atoms with Crippen LogP contribution in [0.3, 0.4) is 0 Å². The third-order valence-electron chi connectivity index (χ3n) is 3.35. The zero-order chi connectivity index (χ0) is 15.3. The van der Waals surface area contributed by atoms with Crippen LogP contribution in [0.1, 0.15) is 33.6 Å². The summed E-state index contributed by atoms with van der Waals surface area (Å²) in [5.41, 5.74) is 5.95. The molecule has 5 nitrogen and oxygen atoms in total. The van der Waals surface area contributed by atoms with Crippen molar-refractivity contribution in [2.75, 3.05) is 5.73 Å². The van der Waals surface area contributed by atoms with Crippen molar-refractivity contribution in [2.24, 2.45) is 0 Å². The Morgan fingerprint density at radius 3 is 2.40 bits per heavy atom. The smallest absolute Gasteiger partial charge is 0.238 e. The molecule has 1 rings (SSSR count). The minimum absolute atomic E-state index is 0.000919. The number of nitrogens with one attached hydrogen (secondary N) is 1. The number of hydrogen-bond acceptors (Lipinski definition) is 4. The molecule has 1 atom stereocenters. The van der Waals surface area contributed by atoms with Crippen molar-refractivity contribution in [3.05, 3.63) is 24.3 Å². The third-order valence-corrected chi connectivity index (χ3v) is 5.41. The second kappa shape index (κ2) is 6.74. The largest absolute Gasteiger partial charge is 0.399 e. The molecule has 0 aliphatic heterocycles. The number of rotatable bonds is 6. The molecule has 20 heavy (non-hydrogen) atoms. The summed E-state index contributed by atoms with van der Waals surface area (Å²) in [6.07, 6.45) is 1.54. The van der Waals surface area contributed by atoms with E-state index < -0.39 is 21.0 Å². The summed E-state index contributed by atoms with van der Waals surface area (Å²) in [6.45, 7) is 5.30. The van der Waals surface area contributed by atoms with E-state index in [1.807, 2.05) is 13.8 Å². The fraction of sp³-hybridized carbons (Fsp3) is 0.500. The average molecular weight is 298 g/mol. The van der Waals surface area contributed by atoms with Crippen LogP contribution in [0.5, 0.6) is 0 Å². The van der Waals surface area contributed by atoms with E-state index in [4.69, 9.17) is 5.73 Å². The van der Waals surface area contributed by atoms with Crippen LogP contribution in [0.15, 0.2) is 29.2 Å². The Hall–Kier alpha value is -1.56. The van der Waals surface area contributed by atoms with Gasteiger partial charge < -0.3 is 11.1 Å². The Kier molecular flexibility index (Phi) is 5.56. The number of benzene rings is 1. The SMILES string of the molecule is CCC(CC)NC(=O)C(C)S(=O)(=O)c1cccc(N)c1. The molecule has 0 fully saturated rings. The predicted octanol–water partition coefficient (Wildman–Crippen LogP) is 1.74. The Morgan fingerprint density at radius 1 is 1.30 bits per heavy atom. The Balaban J connectivity index is 2.95. The second-order valence-corrected chi connectivity index (χ2v) is 7.05. The van der Waals surface area contributed by atoms with Crippen molar-refractivity contribution in [1.82, 2.24) is 5.32 Å². The van der Waals surface area contributed by atoms with Gasteiger partial charge in [0, 0.05) is 11.7 Å². The molecule has 0 aliphatic carbocycles. The number of nitrogens with two attached hydrogens (primary N) is 1. The summed E-state index contributed by atoms with van der Waals surface area (Å²) in [5.74, 6) is -0.471. The lowest BCUT2D eigenvalue weighted by atomic mass is 10.2. The molecule has 0 spiro atoms. The molecule has 112 valence electrons. The van der Waals surface area contributed by atoms with Crippen molar-refractivity contribution in [3.8, 4) is 0 Å². The van der Waals surface area contributed by atoms with E-state index in [0.29, 0.717) is 5.69 Å². The fourth-order valence-corrected chi connectivity index (χ4v) is 3.17. The second-order valence-electron chi connectivity index (χ2n) is 4.78. The van der Waals surface area contributed by atoms with E-state index in [-0.39, 0.29) is 10.9 Å². The van der Waals surface area contributed by atoms with Crippen LogP contribution in [0.2, 0.25) is 0 Å². The molecule has 0 saturated heterocycles. The first-order valence-electron chi connectivity index (χ1n) is 6.72. The van der Waals surface area contributed by atoms with Crippen LogP contribution in [0.25, 0.3) is 0 Å². The van der Waals surface area contributed by atoms with Crippen molar-refractivity contribution in [3.63, 3.8) is 0 Å². The molecule has 0 bridgehead atoms. The number of amides is 1. The minimum Gasteiger partial charge on any atom is -0.399 e. The number of carbonyl (C=O) groups is 1. The molecule has 1 unspecified atom stereocenters. The Morgan fingerprint density at radius 2 is 1.90 bits per heavy atom. The highest BCUT2D eigenvalue weighted by atomic mass is 32.2. The van der Waals surface area contributed by atoms with Gasteiger partial charge >= 0.3 is 0 Å². The lowest BCUT2D eigenvalue weighted by Gasteiger charge is -2.18. The van der Waals surface area contributed by atoms with E-state index >= 15 is 0 Å². The number of anilines is 1. The van der Waals surface area contributed by atoms with Crippen LogP contribution in [0, 0.1) is 0 Å². The van der Waals surface area contributed by atoms with Gasteiger partial charge in [0.2, 0.25) is 5.91 Å². The van der Waals surface area contributed by atoms with Crippen molar-refractivity contribution >= 4 is 21.4 Å². The van der Waals surface area contributed by atoms with Crippen LogP contribution in [-0.4, -0.2) is 25.6 Å². The monoisotopic (exact) mass is 298 g/mol. The number of carbonyl (C=O) groups excluding carboxylic acids is 1. The first-order chi connectivity index (χ1) is 9.32. The van der Waals surface area contributed by atoms with Gasteiger partial charge in [0.05, 0.1) is 4.90 Å². The summed E-state index contributed by atoms with van der Waals surface area (Å²) in [7, 11) is -3.71. The highest BCUT2D eigenvalue weighted by Crippen LogP contribution is 2.18. The van der Waals surface area contributed by atoms with Gasteiger partial charge in [0.1, 0.15) is 5.25 Å². The maximum Gasteiger partial charge on any atom is 0.238 e. The van der Waals surface area contributed by atoms with Crippen LogP contribution < -0.4 is 11.1 Å². The van der Waals surface area contributed by atoms with Crippen molar-refractivity contribution in [2.45, 2.75) is 49.8 Å². The van der Waals surface area contributed by atoms with Gasteiger partial charge in [-0.05, 0) is 38.0 Å². The van der Waals surface area contributed by atoms with Gasteiger partial charge in [0.25, 0.3) is 0 Å². The molecule has 1 aromatic rings. The third kappa shape index (κ3) is 3.72. The molecule has 0 radical (unpaired) electrons. The van der Waals surface area contributed by atoms with Crippen molar-refractivity contribution in [1.29, 1.82) is 0 Å². The number of nitrogen functional groups attached to an aromatic ring is 1. The molecule has 1 amide bonds. The molecule has 1 aromatic carbocycles. The van der Waals surface area contributed by atoms with Gasteiger partial charge in [-0.1, -0.05) is 19.9 Å². The molecule has 3 N–H and O–H groups in total. The lowest BCUT2D eigenvalue weighted by Crippen LogP contribution is -2.42. The highest BCUT2D eigenvalue weighted by molar-refractivity contribution is 7.92. The summed E-state index contributed by atoms with van der Waals surface area (Å²) in [6, 6.07) is 5.99. The van der Waals surface area contributed by atoms with Gasteiger partial charge in [-0.25, -0.2) is 8.42 Å². The van der Waals surface area contributed by atoms with Gasteiger partial charge in [-0.3, -0.25) is 4.79 Å². The quantitative estimate of drug-likeness (QED) is 0.783. The first-order valence-corrected chi connectivity index (χ1v) is 8.27. The van der Waals surface area contributed by atoms with E-state index in [1.54, 1.807) is 12.1 Å². The van der Waals surface area contributed by atoms with Gasteiger partial charge in [-0.15, -0.1) is 0 Å². The van der Waals surface area contributed by atoms with Crippen LogP contribution in [0.4, 0.5) is 5.69 Å². The number of hydrogen-bond donors (Lipinski definition) is 2. The maximum absolute atomic E-state index is 12.4. The Bertz CT molecular complexity index is 566. The molecule has 6 heteroatoms. The maximum atomic E-state index is 12.4. The first kappa shape index (κ1) is 16.5. The van der Waals surface area contributed by atoms with Crippen LogP contribution in [-0.2, 0) is 14.6 Å². The van der Waals surface area contributed by atoms with E-state index in [9.17, 15) is 13.2 Å². The molecule has 0 heterocycles. The standard InChI is InChI=1S/C14H22N2O3S/c1-4-12(5-2)16-14(17)10(3)20(18,19)13-8-6-7-11(15)9-13/h6-10,12H,4-5,15H2,1-3H3,(H,16,17). The van der Waals surface area contributed by atoms with Crippen molar-refractivity contribution < 1.29 is 13.2 Å². The van der Waals surface area contributed by atoms with E-state index in [1.165, 1.54) is 19.1 Å². The van der Waals surface area contributed by atoms with Gasteiger partial charge in [0.15, 0.2) is 9.84 Å². The van der Waals surface area contributed by atoms with Gasteiger partial charge in [-0.2, -0.15) is 0 Å². The summed E-state index contributed by atoms with van der Waals surface area (Å²) < 4.78 is 24.7. The molecular weight excluding hydrogens is 276 g/mol. The molecular formula is C14H22N2O3S. The summed E-state index contributed by atoms with van der Waals surface area (Å²) >= 11 is 0. The fourth-order valence-electron chi connectivity index (χ4n) is 1.85. The highest BCUT2D eigenvalue weighted by Gasteiger charge is 2.30. The number of sulfone groups is 1. The normalized spacial score (nSPS) is 13.2. The molecule has 0 saturated carbocycles. The molecule has 0 aliphatic rings. The lowest BCUT2D eigenvalue weighted by molar-refractivity contribution is -0.121. The summed E-state index contributed by atoms with van der Waals surface area (Å²) in [5, 5.41) is 1.62. The summed E-state index contributed by atoms with van der Waals surface area (Å²) in [4.78, 5) is 12.1. The average Bonchev–Trinajstić information content (AvgIpc) is 2.43.